The molecule has 2 unspecified atom stereocenters. The highest BCUT2D eigenvalue weighted by atomic mass is 32.2. The number of carbonyl (C=O) groups is 1. The average molecular weight is 420 g/mol. The van der Waals surface area contributed by atoms with Gasteiger partial charge < -0.3 is 14.2 Å². The van der Waals surface area contributed by atoms with E-state index < -0.39 is 26.9 Å². The van der Waals surface area contributed by atoms with E-state index in [9.17, 15) is 18.4 Å². The van der Waals surface area contributed by atoms with Crippen LogP contribution >= 0.6 is 0 Å². The summed E-state index contributed by atoms with van der Waals surface area (Å²) in [6.07, 6.45) is 2.77. The van der Waals surface area contributed by atoms with Crippen molar-refractivity contribution in [3.8, 4) is 11.5 Å². The largest absolute Gasteiger partial charge is 0.457 e. The molecular weight excluding hydrogens is 400 g/mol. The normalized spacial score (nSPS) is 26.1. The molecule has 1 saturated heterocycles. The summed E-state index contributed by atoms with van der Waals surface area (Å²) in [6.45, 7) is 0.123. The molecule has 2 aromatic rings. The minimum Gasteiger partial charge on any atom is -0.457 e. The smallest absolute Gasteiger partial charge is 0.250 e. The molecule has 154 valence electrons. The SMILES string of the molecule is O=C(NO)C1(CS(=O)(=O)c2ccc(Oc3ccncc3)cc2)CC2OCOC2C1. The van der Waals surface area contributed by atoms with Crippen molar-refractivity contribution in [1.82, 2.24) is 10.5 Å². The van der Waals surface area contributed by atoms with Crippen LogP contribution in [-0.2, 0) is 24.1 Å². The third kappa shape index (κ3) is 3.97. The number of nitrogens with zero attached hydrogens (tertiary/aromatic N) is 1. The molecule has 2 N–H and O–H groups in total. The molecule has 1 aromatic carbocycles. The van der Waals surface area contributed by atoms with Crippen LogP contribution in [0.5, 0.6) is 11.5 Å². The molecule has 0 radical (unpaired) electrons. The molecule has 1 saturated carbocycles. The Morgan fingerprint density at radius 2 is 1.69 bits per heavy atom. The first-order chi connectivity index (χ1) is 13.9. The summed E-state index contributed by atoms with van der Waals surface area (Å²) in [5.41, 5.74) is 0.284. The van der Waals surface area contributed by atoms with Gasteiger partial charge in [0, 0.05) is 12.4 Å². The summed E-state index contributed by atoms with van der Waals surface area (Å²) < 4.78 is 42.5. The van der Waals surface area contributed by atoms with Gasteiger partial charge in [0.25, 0.3) is 5.91 Å². The van der Waals surface area contributed by atoms with Crippen LogP contribution in [0.3, 0.4) is 0 Å². The zero-order chi connectivity index (χ0) is 20.5. The van der Waals surface area contributed by atoms with Crippen LogP contribution in [0.4, 0.5) is 0 Å². The standard InChI is InChI=1S/C19H20N2O7S/c22-18(21-23)19(9-16-17(10-19)27-12-26-16)11-29(24,25)15-3-1-13(2-4-15)28-14-5-7-20-8-6-14/h1-8,16-17,23H,9-12H2,(H,21,22). The molecule has 1 aliphatic carbocycles. The maximum Gasteiger partial charge on any atom is 0.250 e. The van der Waals surface area contributed by atoms with Gasteiger partial charge in [0.05, 0.1) is 28.3 Å². The maximum atomic E-state index is 13.0. The molecule has 10 heteroatoms. The number of carbonyl (C=O) groups excluding carboxylic acids is 1. The lowest BCUT2D eigenvalue weighted by atomic mass is 9.87. The molecule has 29 heavy (non-hydrogen) atoms. The van der Waals surface area contributed by atoms with Crippen molar-refractivity contribution in [2.45, 2.75) is 29.9 Å². The molecule has 2 aliphatic rings. The number of fused-ring (bicyclic) bond motifs is 1. The van der Waals surface area contributed by atoms with Crippen LogP contribution < -0.4 is 10.2 Å². The Morgan fingerprint density at radius 1 is 1.10 bits per heavy atom. The van der Waals surface area contributed by atoms with Gasteiger partial charge in [-0.15, -0.1) is 0 Å². The predicted molar refractivity (Wildman–Crippen MR) is 99.0 cm³/mol. The predicted octanol–water partition coefficient (Wildman–Crippen LogP) is 1.67. The topological polar surface area (TPSA) is 124 Å². The number of amides is 1. The quantitative estimate of drug-likeness (QED) is 0.534. The molecular formula is C19H20N2O7S. The number of hydrogen-bond donors (Lipinski definition) is 2. The van der Waals surface area contributed by atoms with E-state index in [-0.39, 0.29) is 36.7 Å². The first kappa shape index (κ1) is 19.8. The van der Waals surface area contributed by atoms with Crippen LogP contribution in [0.2, 0.25) is 0 Å². The zero-order valence-corrected chi connectivity index (χ0v) is 16.2. The van der Waals surface area contributed by atoms with E-state index >= 15 is 0 Å². The summed E-state index contributed by atoms with van der Waals surface area (Å²) in [4.78, 5) is 16.3. The van der Waals surface area contributed by atoms with Gasteiger partial charge in [-0.3, -0.25) is 15.0 Å². The Kier molecular flexibility index (Phi) is 5.26. The molecule has 2 heterocycles. The van der Waals surface area contributed by atoms with Crippen molar-refractivity contribution in [3.63, 3.8) is 0 Å². The van der Waals surface area contributed by atoms with Gasteiger partial charge in [0.1, 0.15) is 18.3 Å². The van der Waals surface area contributed by atoms with Crippen LogP contribution in [0.25, 0.3) is 0 Å². The van der Waals surface area contributed by atoms with Gasteiger partial charge in [0.15, 0.2) is 9.84 Å². The van der Waals surface area contributed by atoms with E-state index in [2.05, 4.69) is 4.98 Å². The monoisotopic (exact) mass is 420 g/mol. The lowest BCUT2D eigenvalue weighted by Gasteiger charge is -2.27. The fourth-order valence-electron chi connectivity index (χ4n) is 3.85. The fraction of sp³-hybridized carbons (Fsp3) is 0.368. The fourth-order valence-corrected chi connectivity index (χ4v) is 5.67. The maximum absolute atomic E-state index is 13.0. The van der Waals surface area contributed by atoms with E-state index in [1.165, 1.54) is 12.1 Å². The molecule has 9 nitrogen and oxygen atoms in total. The van der Waals surface area contributed by atoms with E-state index in [0.29, 0.717) is 11.5 Å². The number of nitrogens with one attached hydrogen (secondary N) is 1. The summed E-state index contributed by atoms with van der Waals surface area (Å²) >= 11 is 0. The second kappa shape index (κ2) is 7.71. The highest BCUT2D eigenvalue weighted by Gasteiger charge is 2.55. The zero-order valence-electron chi connectivity index (χ0n) is 15.4. The number of ether oxygens (including phenoxy) is 3. The van der Waals surface area contributed by atoms with Crippen molar-refractivity contribution in [3.05, 3.63) is 48.8 Å². The molecule has 0 bridgehead atoms. The van der Waals surface area contributed by atoms with E-state index in [1.807, 2.05) is 0 Å². The lowest BCUT2D eigenvalue weighted by Crippen LogP contribution is -2.43. The molecule has 0 spiro atoms. The first-order valence-corrected chi connectivity index (χ1v) is 10.7. The second-order valence-corrected chi connectivity index (χ2v) is 9.16. The van der Waals surface area contributed by atoms with E-state index in [1.54, 1.807) is 42.1 Å². The number of aromatic nitrogens is 1. The van der Waals surface area contributed by atoms with Crippen LogP contribution in [-0.4, -0.2) is 49.3 Å². The first-order valence-electron chi connectivity index (χ1n) is 9.00. The molecule has 2 atom stereocenters. The molecule has 1 amide bonds. The number of sulfone groups is 1. The number of pyridine rings is 1. The summed E-state index contributed by atoms with van der Waals surface area (Å²) in [6, 6.07) is 9.31. The second-order valence-electron chi connectivity index (χ2n) is 7.17. The third-order valence-electron chi connectivity index (χ3n) is 5.28. The van der Waals surface area contributed by atoms with Gasteiger partial charge >= 0.3 is 0 Å². The van der Waals surface area contributed by atoms with E-state index in [0.717, 1.165) is 0 Å². The highest BCUT2D eigenvalue weighted by molar-refractivity contribution is 7.91. The van der Waals surface area contributed by atoms with Gasteiger partial charge in [-0.2, -0.15) is 0 Å². The molecule has 1 aromatic heterocycles. The average Bonchev–Trinajstić information content (AvgIpc) is 3.28. The van der Waals surface area contributed by atoms with Gasteiger partial charge in [0.2, 0.25) is 0 Å². The lowest BCUT2D eigenvalue weighted by molar-refractivity contribution is -0.140. The molecule has 1 aliphatic heterocycles. The van der Waals surface area contributed by atoms with Gasteiger partial charge in [-0.05, 0) is 49.2 Å². The Labute approximate surface area is 167 Å². The summed E-state index contributed by atoms with van der Waals surface area (Å²) in [7, 11) is -3.83. The van der Waals surface area contributed by atoms with Crippen LogP contribution in [0.15, 0.2) is 53.7 Å². The van der Waals surface area contributed by atoms with Crippen molar-refractivity contribution < 1.29 is 32.6 Å². The van der Waals surface area contributed by atoms with Crippen molar-refractivity contribution >= 4 is 15.7 Å². The summed E-state index contributed by atoms with van der Waals surface area (Å²) in [5, 5.41) is 9.17. The minimum absolute atomic E-state index is 0.0589. The third-order valence-corrected chi connectivity index (χ3v) is 7.20. The van der Waals surface area contributed by atoms with Crippen molar-refractivity contribution in [2.75, 3.05) is 12.5 Å². The number of rotatable bonds is 6. The molecule has 2 fully saturated rings. The van der Waals surface area contributed by atoms with Crippen LogP contribution in [0.1, 0.15) is 12.8 Å². The highest BCUT2D eigenvalue weighted by Crippen LogP contribution is 2.45. The summed E-state index contributed by atoms with van der Waals surface area (Å²) in [5.74, 6) is -0.168. The van der Waals surface area contributed by atoms with Gasteiger partial charge in [-0.1, -0.05) is 0 Å². The Bertz CT molecular complexity index is 967. The molecule has 4 rings (SSSR count). The Balaban J connectivity index is 1.53. The number of hydrogen-bond acceptors (Lipinski definition) is 8. The number of hydroxylamine groups is 1. The Hall–Kier alpha value is -2.53. The van der Waals surface area contributed by atoms with Gasteiger partial charge in [-0.25, -0.2) is 13.9 Å². The number of benzene rings is 1. The minimum atomic E-state index is -3.83. The van der Waals surface area contributed by atoms with Crippen molar-refractivity contribution in [2.24, 2.45) is 5.41 Å². The Morgan fingerprint density at radius 3 is 2.28 bits per heavy atom. The van der Waals surface area contributed by atoms with Crippen LogP contribution in [0, 0.1) is 5.41 Å². The van der Waals surface area contributed by atoms with Crippen molar-refractivity contribution in [1.29, 1.82) is 0 Å². The van der Waals surface area contributed by atoms with E-state index in [4.69, 9.17) is 14.2 Å².